The minimum Gasteiger partial charge on any atom is -0.462 e. The van der Waals surface area contributed by atoms with Crippen molar-refractivity contribution < 1.29 is 48.3 Å². The minimum atomic E-state index is -2.07. The van der Waals surface area contributed by atoms with Gasteiger partial charge in [0.2, 0.25) is 0 Å². The van der Waals surface area contributed by atoms with Gasteiger partial charge >= 0.3 is 23.9 Å². The zero-order chi connectivity index (χ0) is 27.2. The molecule has 36 heavy (non-hydrogen) atoms. The molecule has 0 radical (unpaired) electrons. The first-order valence-corrected chi connectivity index (χ1v) is 12.1. The first kappa shape index (κ1) is 27.9. The highest BCUT2D eigenvalue weighted by atomic mass is 16.6. The van der Waals surface area contributed by atoms with E-state index in [0.717, 1.165) is 0 Å². The molecular formula is C26H36O10. The van der Waals surface area contributed by atoms with Crippen LogP contribution in [0.15, 0.2) is 23.3 Å². The van der Waals surface area contributed by atoms with Gasteiger partial charge in [0.25, 0.3) is 0 Å². The van der Waals surface area contributed by atoms with E-state index in [-0.39, 0.29) is 12.8 Å². The molecule has 1 saturated heterocycles. The lowest BCUT2D eigenvalue weighted by Gasteiger charge is -2.54. The van der Waals surface area contributed by atoms with Gasteiger partial charge in [-0.15, -0.1) is 0 Å². The van der Waals surface area contributed by atoms with E-state index < -0.39 is 77.2 Å². The third kappa shape index (κ3) is 4.68. The quantitative estimate of drug-likeness (QED) is 0.328. The van der Waals surface area contributed by atoms with Crippen LogP contribution in [0.1, 0.15) is 61.3 Å². The average molecular weight is 509 g/mol. The normalized spacial score (nSPS) is 41.9. The summed E-state index contributed by atoms with van der Waals surface area (Å²) in [6.45, 7) is 10.3. The van der Waals surface area contributed by atoms with Gasteiger partial charge in [-0.1, -0.05) is 18.6 Å². The maximum Gasteiger partial charge on any atom is 0.312 e. The molecule has 1 aliphatic heterocycles. The second-order valence-corrected chi connectivity index (χ2v) is 10.4. The van der Waals surface area contributed by atoms with Crippen molar-refractivity contribution in [2.75, 3.05) is 0 Å². The van der Waals surface area contributed by atoms with Gasteiger partial charge in [0.05, 0.1) is 17.4 Å². The van der Waals surface area contributed by atoms with Crippen molar-refractivity contribution in [1.82, 2.24) is 0 Å². The number of hydrogen-bond donors (Lipinski definition) is 2. The molecule has 1 heterocycles. The molecule has 0 bridgehead atoms. The third-order valence-electron chi connectivity index (χ3n) is 8.01. The predicted molar refractivity (Wildman–Crippen MR) is 125 cm³/mol. The molecule has 0 aromatic rings. The Kier molecular flexibility index (Phi) is 7.72. The molecule has 9 atom stereocenters. The number of aliphatic hydroxyl groups excluding tert-OH is 1. The summed E-state index contributed by atoms with van der Waals surface area (Å²) in [5.41, 5.74) is -2.25. The molecule has 1 fully saturated rings. The summed E-state index contributed by atoms with van der Waals surface area (Å²) in [5, 5.41) is 23.8. The molecule has 5 unspecified atom stereocenters. The Morgan fingerprint density at radius 2 is 1.56 bits per heavy atom. The standard InChI is InChI=1S/C26H36O10/c1-12-8-9-19(34-16(5)28)25(7)20(35-17(6)29)11-18(33-15(4)27)13(2)10-21-26(32,23(30)22(12)25)14(3)24(31)36-21/h8,10,14,18-23,30,32H,9,11H2,1-7H3/b13-10-/t14?,18-,19?,20-,21?,22?,23-,25-,26?/m1/s1. The molecule has 2 N–H and O–H groups in total. The molecule has 0 aromatic heterocycles. The summed E-state index contributed by atoms with van der Waals surface area (Å²) in [7, 11) is 0. The lowest BCUT2D eigenvalue weighted by Crippen LogP contribution is -2.64. The van der Waals surface area contributed by atoms with E-state index in [0.29, 0.717) is 11.1 Å². The Labute approximate surface area is 210 Å². The van der Waals surface area contributed by atoms with Crippen LogP contribution in [0.25, 0.3) is 0 Å². The lowest BCUT2D eigenvalue weighted by atomic mass is 9.56. The van der Waals surface area contributed by atoms with Gasteiger partial charge in [-0.05, 0) is 32.4 Å². The second kappa shape index (κ2) is 9.97. The van der Waals surface area contributed by atoms with Crippen molar-refractivity contribution in [2.45, 2.75) is 97.4 Å². The number of ether oxygens (including phenoxy) is 4. The van der Waals surface area contributed by atoms with Crippen LogP contribution in [0.2, 0.25) is 0 Å². The monoisotopic (exact) mass is 508 g/mol. The van der Waals surface area contributed by atoms with Crippen molar-refractivity contribution in [3.05, 3.63) is 23.3 Å². The smallest absolute Gasteiger partial charge is 0.312 e. The first-order chi connectivity index (χ1) is 16.6. The van der Waals surface area contributed by atoms with Crippen LogP contribution >= 0.6 is 0 Å². The van der Waals surface area contributed by atoms with E-state index >= 15 is 0 Å². The summed E-state index contributed by atoms with van der Waals surface area (Å²) in [4.78, 5) is 49.0. The molecule has 2 aliphatic carbocycles. The van der Waals surface area contributed by atoms with Crippen LogP contribution in [-0.4, -0.2) is 70.2 Å². The second-order valence-electron chi connectivity index (χ2n) is 10.4. The van der Waals surface area contributed by atoms with Crippen LogP contribution in [0.3, 0.4) is 0 Å². The maximum atomic E-state index is 12.6. The van der Waals surface area contributed by atoms with Crippen LogP contribution in [0.5, 0.6) is 0 Å². The largest absolute Gasteiger partial charge is 0.462 e. The van der Waals surface area contributed by atoms with Crippen molar-refractivity contribution in [2.24, 2.45) is 17.3 Å². The van der Waals surface area contributed by atoms with Crippen molar-refractivity contribution >= 4 is 23.9 Å². The van der Waals surface area contributed by atoms with Gasteiger partial charge in [0.15, 0.2) is 6.10 Å². The number of rotatable bonds is 3. The molecule has 0 spiro atoms. The van der Waals surface area contributed by atoms with Gasteiger partial charge in [-0.2, -0.15) is 0 Å². The number of carbonyl (C=O) groups is 4. The molecule has 200 valence electrons. The minimum absolute atomic E-state index is 0.0130. The van der Waals surface area contributed by atoms with Gasteiger partial charge in [-0.3, -0.25) is 19.2 Å². The van der Waals surface area contributed by atoms with E-state index in [4.69, 9.17) is 18.9 Å². The fourth-order valence-corrected chi connectivity index (χ4v) is 6.05. The molecule has 0 saturated carbocycles. The summed E-state index contributed by atoms with van der Waals surface area (Å²) in [6.07, 6.45) is -2.07. The van der Waals surface area contributed by atoms with E-state index in [1.807, 2.05) is 0 Å². The number of aliphatic hydroxyl groups is 2. The number of hydrogen-bond acceptors (Lipinski definition) is 10. The van der Waals surface area contributed by atoms with Crippen LogP contribution in [-0.2, 0) is 38.1 Å². The average Bonchev–Trinajstić information content (AvgIpc) is 2.97. The zero-order valence-corrected chi connectivity index (χ0v) is 21.8. The lowest BCUT2D eigenvalue weighted by molar-refractivity contribution is -0.208. The Morgan fingerprint density at radius 1 is 1.00 bits per heavy atom. The van der Waals surface area contributed by atoms with Gasteiger partial charge in [-0.25, -0.2) is 0 Å². The number of carbonyl (C=O) groups excluding carboxylic acids is 4. The molecule has 0 amide bonds. The van der Waals surface area contributed by atoms with Crippen molar-refractivity contribution in [3.63, 3.8) is 0 Å². The summed E-state index contributed by atoms with van der Waals surface area (Å²) < 4.78 is 22.5. The summed E-state index contributed by atoms with van der Waals surface area (Å²) in [5.74, 6) is -4.50. The van der Waals surface area contributed by atoms with E-state index in [1.165, 1.54) is 33.8 Å². The Bertz CT molecular complexity index is 999. The molecule has 0 aromatic carbocycles. The molecule has 3 aliphatic rings. The van der Waals surface area contributed by atoms with Crippen LogP contribution in [0.4, 0.5) is 0 Å². The van der Waals surface area contributed by atoms with Crippen molar-refractivity contribution in [3.8, 4) is 0 Å². The Hall–Kier alpha value is -2.72. The van der Waals surface area contributed by atoms with Gasteiger partial charge in [0, 0.05) is 39.5 Å². The van der Waals surface area contributed by atoms with E-state index in [9.17, 15) is 29.4 Å². The van der Waals surface area contributed by atoms with Gasteiger partial charge in [0.1, 0.15) is 23.9 Å². The highest BCUT2D eigenvalue weighted by molar-refractivity contribution is 5.77. The molecule has 10 heteroatoms. The predicted octanol–water partition coefficient (Wildman–Crippen LogP) is 1.76. The van der Waals surface area contributed by atoms with E-state index in [1.54, 1.807) is 26.8 Å². The molecular weight excluding hydrogens is 472 g/mol. The number of fused-ring (bicyclic) bond motifs is 2. The zero-order valence-electron chi connectivity index (χ0n) is 21.8. The van der Waals surface area contributed by atoms with Gasteiger partial charge < -0.3 is 29.2 Å². The molecule has 10 nitrogen and oxygen atoms in total. The highest BCUT2D eigenvalue weighted by Gasteiger charge is 2.65. The van der Waals surface area contributed by atoms with Crippen LogP contribution < -0.4 is 0 Å². The molecule has 3 rings (SSSR count). The SMILES string of the molecule is CC(=O)OC1CC=C(C)C2[C@@H](O)C3(O)C(/C=C(/C)[C@H](OC(C)=O)C[C@@H](OC(C)=O)[C@@]12C)OC(=O)C3C. The van der Waals surface area contributed by atoms with Crippen molar-refractivity contribution in [1.29, 1.82) is 0 Å². The number of esters is 4. The van der Waals surface area contributed by atoms with E-state index in [2.05, 4.69) is 0 Å². The maximum absolute atomic E-state index is 12.6. The fourth-order valence-electron chi connectivity index (χ4n) is 6.05. The topological polar surface area (TPSA) is 146 Å². The summed E-state index contributed by atoms with van der Waals surface area (Å²) >= 11 is 0. The summed E-state index contributed by atoms with van der Waals surface area (Å²) in [6, 6.07) is 0. The third-order valence-corrected chi connectivity index (χ3v) is 8.01. The Balaban J connectivity index is 2.33. The van der Waals surface area contributed by atoms with Crippen LogP contribution in [0, 0.1) is 17.3 Å². The fraction of sp³-hybridized carbons (Fsp3) is 0.692. The first-order valence-electron chi connectivity index (χ1n) is 12.1. The highest BCUT2D eigenvalue weighted by Crippen LogP contribution is 2.54. The Morgan fingerprint density at radius 3 is 2.11 bits per heavy atom.